The van der Waals surface area contributed by atoms with Crippen LogP contribution in [0.1, 0.15) is 0 Å². The van der Waals surface area contributed by atoms with Crippen molar-refractivity contribution in [1.82, 2.24) is 4.57 Å². The normalized spacial score (nSPS) is 12.6. The predicted molar refractivity (Wildman–Crippen MR) is 275 cm³/mol. The highest BCUT2D eigenvalue weighted by atomic mass is 16.5. The zero-order chi connectivity index (χ0) is 43.0. The van der Waals surface area contributed by atoms with Gasteiger partial charge in [0.2, 0.25) is 0 Å². The van der Waals surface area contributed by atoms with Gasteiger partial charge in [0.1, 0.15) is 11.2 Å². The van der Waals surface area contributed by atoms with E-state index in [0.29, 0.717) is 0 Å². The van der Waals surface area contributed by atoms with Crippen LogP contribution in [0.2, 0.25) is 0 Å². The van der Waals surface area contributed by atoms with Crippen molar-refractivity contribution in [3.05, 3.63) is 218 Å². The fraction of sp³-hybridized carbons (Fsp3) is 0. The molecule has 14 aromatic rings. The highest BCUT2D eigenvalue weighted by Gasteiger charge is 2.28. The summed E-state index contributed by atoms with van der Waals surface area (Å²) < 4.78 is 15.9. The standard InChI is InChI=1S/C62H36N2O2/c1-2-14-45(15-3-1)63-53-29-25-42(40-22-21-37-11-4-5-12-39(37)31-40)34-57(53)66-58-35-43(26-30-54(58)63)41-24-28-52-50(32-41)46-16-6-8-19-51(46)64(52)55-33-44-36-59-62(48-17-7-9-20-56(48)65-59)49-27-23-38-13-10-18-47(55)60(38)61(44)49/h1-36H. The summed E-state index contributed by atoms with van der Waals surface area (Å²) in [5, 5.41) is 14.6. The summed E-state index contributed by atoms with van der Waals surface area (Å²) in [5.74, 6) is 1.63. The van der Waals surface area contributed by atoms with Gasteiger partial charge < -0.3 is 18.6 Å². The van der Waals surface area contributed by atoms with Gasteiger partial charge in [0, 0.05) is 32.6 Å². The average Bonchev–Trinajstić information content (AvgIpc) is 3.92. The molecule has 3 heterocycles. The predicted octanol–water partition coefficient (Wildman–Crippen LogP) is 17.6. The molecule has 0 spiro atoms. The van der Waals surface area contributed by atoms with E-state index < -0.39 is 0 Å². The second kappa shape index (κ2) is 13.3. The van der Waals surface area contributed by atoms with Gasteiger partial charge in [-0.15, -0.1) is 0 Å². The van der Waals surface area contributed by atoms with Crippen molar-refractivity contribution >= 4 is 104 Å². The maximum Gasteiger partial charge on any atom is 0.152 e. The van der Waals surface area contributed by atoms with E-state index in [-0.39, 0.29) is 0 Å². The third-order valence-electron chi connectivity index (χ3n) is 14.0. The second-order valence-corrected chi connectivity index (χ2v) is 17.6. The van der Waals surface area contributed by atoms with E-state index in [0.717, 1.165) is 78.6 Å². The van der Waals surface area contributed by atoms with Gasteiger partial charge in [0.25, 0.3) is 0 Å². The summed E-state index contributed by atoms with van der Waals surface area (Å²) in [6.45, 7) is 0. The lowest BCUT2D eigenvalue weighted by molar-refractivity contribution is 0.477. The Labute approximate surface area is 378 Å². The number of anilines is 3. The molecule has 0 fully saturated rings. The van der Waals surface area contributed by atoms with Crippen LogP contribution in [-0.2, 0) is 0 Å². The van der Waals surface area contributed by atoms with Crippen molar-refractivity contribution < 1.29 is 9.15 Å². The Balaban J connectivity index is 0.891. The molecule has 1 aliphatic rings. The lowest BCUT2D eigenvalue weighted by atomic mass is 9.91. The summed E-state index contributed by atoms with van der Waals surface area (Å²) in [6.07, 6.45) is 0. The first-order valence-electron chi connectivity index (χ1n) is 22.6. The maximum absolute atomic E-state index is 6.95. The van der Waals surface area contributed by atoms with E-state index in [9.17, 15) is 0 Å². The van der Waals surface area contributed by atoms with Gasteiger partial charge in [-0.3, -0.25) is 0 Å². The van der Waals surface area contributed by atoms with Crippen LogP contribution in [0.5, 0.6) is 11.5 Å². The monoisotopic (exact) mass is 840 g/mol. The smallest absolute Gasteiger partial charge is 0.152 e. The van der Waals surface area contributed by atoms with Gasteiger partial charge in [0.05, 0.1) is 28.1 Å². The molecule has 0 saturated carbocycles. The van der Waals surface area contributed by atoms with Crippen LogP contribution in [0.3, 0.4) is 0 Å². The number of nitrogens with zero attached hydrogens (tertiary/aromatic N) is 2. The molecule has 0 radical (unpaired) electrons. The number of para-hydroxylation sites is 3. The van der Waals surface area contributed by atoms with Gasteiger partial charge in [0.15, 0.2) is 11.5 Å². The molecule has 4 nitrogen and oxygen atoms in total. The van der Waals surface area contributed by atoms with E-state index in [2.05, 4.69) is 222 Å². The van der Waals surface area contributed by atoms with Crippen LogP contribution in [0, 0.1) is 0 Å². The van der Waals surface area contributed by atoms with Crippen LogP contribution in [-0.4, -0.2) is 4.57 Å². The molecule has 0 bridgehead atoms. The van der Waals surface area contributed by atoms with Gasteiger partial charge in [-0.2, -0.15) is 0 Å². The molecule has 0 amide bonds. The Morgan fingerprint density at radius 2 is 0.924 bits per heavy atom. The Morgan fingerprint density at radius 1 is 0.303 bits per heavy atom. The number of ether oxygens (including phenoxy) is 1. The van der Waals surface area contributed by atoms with Crippen LogP contribution >= 0.6 is 0 Å². The third-order valence-corrected chi connectivity index (χ3v) is 14.0. The van der Waals surface area contributed by atoms with Gasteiger partial charge in [-0.1, -0.05) is 140 Å². The minimum Gasteiger partial charge on any atom is -0.456 e. The molecule has 2 aromatic heterocycles. The molecule has 12 aromatic carbocycles. The fourth-order valence-electron chi connectivity index (χ4n) is 11.1. The first kappa shape index (κ1) is 35.6. The lowest BCUT2D eigenvalue weighted by Gasteiger charge is -2.33. The number of furan rings is 1. The van der Waals surface area contributed by atoms with E-state index in [1.54, 1.807) is 0 Å². The number of rotatable bonds is 4. The van der Waals surface area contributed by atoms with E-state index in [1.807, 2.05) is 6.07 Å². The molecule has 15 rings (SSSR count). The zero-order valence-corrected chi connectivity index (χ0v) is 35.5. The highest BCUT2D eigenvalue weighted by Crippen LogP contribution is 2.53. The van der Waals surface area contributed by atoms with Crippen molar-refractivity contribution in [1.29, 1.82) is 0 Å². The van der Waals surface area contributed by atoms with Crippen molar-refractivity contribution in [2.45, 2.75) is 0 Å². The molecule has 0 atom stereocenters. The lowest BCUT2D eigenvalue weighted by Crippen LogP contribution is -2.15. The van der Waals surface area contributed by atoms with Crippen molar-refractivity contribution in [3.63, 3.8) is 0 Å². The fourth-order valence-corrected chi connectivity index (χ4v) is 11.1. The molecular weight excluding hydrogens is 805 g/mol. The number of aromatic nitrogens is 1. The number of hydrogen-bond donors (Lipinski definition) is 0. The Morgan fingerprint density at radius 3 is 1.77 bits per heavy atom. The molecule has 0 saturated heterocycles. The van der Waals surface area contributed by atoms with Crippen LogP contribution in [0.15, 0.2) is 223 Å². The summed E-state index contributed by atoms with van der Waals surface area (Å²) in [7, 11) is 0. The van der Waals surface area contributed by atoms with E-state index in [4.69, 9.17) is 9.15 Å². The summed E-state index contributed by atoms with van der Waals surface area (Å²) >= 11 is 0. The molecule has 1 aliphatic heterocycles. The minimum atomic E-state index is 0.814. The summed E-state index contributed by atoms with van der Waals surface area (Å²) in [5.41, 5.74) is 12.9. The highest BCUT2D eigenvalue weighted by molar-refractivity contribution is 6.33. The number of benzene rings is 12. The molecule has 4 heteroatoms. The first-order chi connectivity index (χ1) is 32.7. The Kier molecular flexibility index (Phi) is 7.19. The third kappa shape index (κ3) is 5.04. The topological polar surface area (TPSA) is 30.5 Å². The number of hydrogen-bond acceptors (Lipinski definition) is 3. The SMILES string of the molecule is c1ccc(N2c3ccc(-c4ccc5ccccc5c4)cc3Oc3cc(-c4ccc5c(c4)c4ccccc4n5-c4cc5cc6oc7ccccc7c6c6ccc7cccc4c7c56)ccc32)cc1. The van der Waals surface area contributed by atoms with Crippen LogP contribution < -0.4 is 9.64 Å². The molecular formula is C62H36N2O2. The first-order valence-corrected chi connectivity index (χ1v) is 22.6. The molecule has 66 heavy (non-hydrogen) atoms. The summed E-state index contributed by atoms with van der Waals surface area (Å²) in [6, 6.07) is 79.0. The van der Waals surface area contributed by atoms with Crippen molar-refractivity contribution in [2.24, 2.45) is 0 Å². The Hall–Kier alpha value is -8.86. The van der Waals surface area contributed by atoms with E-state index >= 15 is 0 Å². The maximum atomic E-state index is 6.95. The molecule has 0 aliphatic carbocycles. The van der Waals surface area contributed by atoms with Crippen molar-refractivity contribution in [3.8, 4) is 39.4 Å². The van der Waals surface area contributed by atoms with Gasteiger partial charge in [-0.05, 0) is 139 Å². The Bertz CT molecular complexity index is 4330. The van der Waals surface area contributed by atoms with Crippen LogP contribution in [0.4, 0.5) is 17.1 Å². The number of fused-ring (bicyclic) bond motifs is 10. The van der Waals surface area contributed by atoms with Crippen LogP contribution in [0.25, 0.3) is 115 Å². The van der Waals surface area contributed by atoms with E-state index in [1.165, 1.54) is 64.8 Å². The largest absolute Gasteiger partial charge is 0.456 e. The molecule has 0 N–H and O–H groups in total. The minimum absolute atomic E-state index is 0.814. The molecule has 0 unspecified atom stereocenters. The quantitative estimate of drug-likeness (QED) is 0.165. The second-order valence-electron chi connectivity index (χ2n) is 17.6. The van der Waals surface area contributed by atoms with Gasteiger partial charge >= 0.3 is 0 Å². The average molecular weight is 841 g/mol. The zero-order valence-electron chi connectivity index (χ0n) is 35.5. The van der Waals surface area contributed by atoms with Crippen molar-refractivity contribution in [2.75, 3.05) is 4.90 Å². The van der Waals surface area contributed by atoms with Gasteiger partial charge in [-0.25, -0.2) is 0 Å². The molecule has 306 valence electrons. The summed E-state index contributed by atoms with van der Waals surface area (Å²) in [4.78, 5) is 2.31.